The van der Waals surface area contributed by atoms with Crippen molar-refractivity contribution in [2.45, 2.75) is 19.8 Å². The minimum absolute atomic E-state index is 0.212. The highest BCUT2D eigenvalue weighted by molar-refractivity contribution is 7.13. The molecule has 1 amide bonds. The monoisotopic (exact) mass is 333 g/mol. The van der Waals surface area contributed by atoms with Crippen LogP contribution in [0.3, 0.4) is 0 Å². The van der Waals surface area contributed by atoms with Gasteiger partial charge in [-0.1, -0.05) is 13.8 Å². The van der Waals surface area contributed by atoms with Gasteiger partial charge in [0.25, 0.3) is 5.91 Å². The molecule has 3 heterocycles. The summed E-state index contributed by atoms with van der Waals surface area (Å²) < 4.78 is 5.36. The zero-order chi connectivity index (χ0) is 16.2. The van der Waals surface area contributed by atoms with E-state index in [1.165, 1.54) is 11.3 Å². The Morgan fingerprint density at radius 2 is 2.13 bits per heavy atom. The van der Waals surface area contributed by atoms with E-state index in [0.717, 1.165) is 18.8 Å². The lowest BCUT2D eigenvalue weighted by molar-refractivity contribution is 0.102. The molecule has 2 aromatic rings. The summed E-state index contributed by atoms with van der Waals surface area (Å²) >= 11 is 1.38. The van der Waals surface area contributed by atoms with Gasteiger partial charge >= 0.3 is 0 Å². The molecule has 0 unspecified atom stereocenters. The lowest BCUT2D eigenvalue weighted by Crippen LogP contribution is -2.38. The first kappa shape index (κ1) is 15.8. The van der Waals surface area contributed by atoms with E-state index in [9.17, 15) is 4.79 Å². The number of thiazole rings is 1. The second-order valence-corrected chi connectivity index (χ2v) is 6.42. The van der Waals surface area contributed by atoms with E-state index in [1.54, 1.807) is 12.3 Å². The number of hydrogen-bond donors (Lipinski definition) is 1. The van der Waals surface area contributed by atoms with Crippen molar-refractivity contribution >= 4 is 28.3 Å². The summed E-state index contributed by atoms with van der Waals surface area (Å²) in [7, 11) is 0. The second-order valence-electron chi connectivity index (χ2n) is 5.52. The van der Waals surface area contributed by atoms with Crippen LogP contribution in [0.5, 0.6) is 0 Å². The molecular formula is C15H19N5O2S. The first-order valence-electron chi connectivity index (χ1n) is 7.56. The third-order valence-corrected chi connectivity index (χ3v) is 4.19. The van der Waals surface area contributed by atoms with E-state index in [2.05, 4.69) is 25.2 Å². The Hall–Kier alpha value is -2.06. The van der Waals surface area contributed by atoms with E-state index >= 15 is 0 Å². The van der Waals surface area contributed by atoms with Crippen LogP contribution in [0.4, 0.5) is 11.1 Å². The number of hydrogen-bond acceptors (Lipinski definition) is 7. The zero-order valence-electron chi connectivity index (χ0n) is 13.2. The number of nitrogens with one attached hydrogen (secondary N) is 1. The molecular weight excluding hydrogens is 314 g/mol. The molecule has 0 aliphatic carbocycles. The van der Waals surface area contributed by atoms with E-state index in [4.69, 9.17) is 4.74 Å². The molecule has 1 fully saturated rings. The number of carbonyl (C=O) groups is 1. The Bertz CT molecular complexity index is 669. The summed E-state index contributed by atoms with van der Waals surface area (Å²) in [6.45, 7) is 6.86. The number of anilines is 2. The molecule has 1 aliphatic heterocycles. The normalized spacial score (nSPS) is 15.0. The summed E-state index contributed by atoms with van der Waals surface area (Å²) in [5, 5.41) is 5.15. The van der Waals surface area contributed by atoms with Crippen LogP contribution in [0, 0.1) is 0 Å². The summed E-state index contributed by atoms with van der Waals surface area (Å²) in [6, 6.07) is 1.75. The molecule has 0 saturated carbocycles. The highest BCUT2D eigenvalue weighted by atomic mass is 32.1. The highest BCUT2D eigenvalue weighted by Crippen LogP contribution is 2.19. The summed E-state index contributed by atoms with van der Waals surface area (Å²) in [5.74, 6) is 0.534. The molecule has 0 atom stereocenters. The van der Waals surface area contributed by atoms with Gasteiger partial charge in [-0.25, -0.2) is 15.0 Å². The first-order valence-corrected chi connectivity index (χ1v) is 8.44. The SMILES string of the molecule is CC(C)c1cc(C(=O)Nc2nccs2)nc(N2CCOCC2)n1. The maximum Gasteiger partial charge on any atom is 0.276 e. The van der Waals surface area contributed by atoms with Gasteiger partial charge in [-0.15, -0.1) is 11.3 Å². The fraction of sp³-hybridized carbons (Fsp3) is 0.467. The lowest BCUT2D eigenvalue weighted by atomic mass is 10.1. The third-order valence-electron chi connectivity index (χ3n) is 3.51. The number of rotatable bonds is 4. The number of carbonyl (C=O) groups excluding carboxylic acids is 1. The van der Waals surface area contributed by atoms with Crippen LogP contribution in [0.2, 0.25) is 0 Å². The van der Waals surface area contributed by atoms with Gasteiger partial charge in [0.2, 0.25) is 5.95 Å². The van der Waals surface area contributed by atoms with Crippen molar-refractivity contribution < 1.29 is 9.53 Å². The minimum atomic E-state index is -0.265. The maximum atomic E-state index is 12.4. The number of ether oxygens (including phenoxy) is 1. The molecule has 1 N–H and O–H groups in total. The van der Waals surface area contributed by atoms with Crippen LogP contribution in [0.25, 0.3) is 0 Å². The smallest absolute Gasteiger partial charge is 0.276 e. The molecule has 0 bridgehead atoms. The first-order chi connectivity index (χ1) is 11.1. The molecule has 122 valence electrons. The largest absolute Gasteiger partial charge is 0.378 e. The maximum absolute atomic E-state index is 12.4. The molecule has 1 saturated heterocycles. The molecule has 7 nitrogen and oxygen atoms in total. The molecule has 8 heteroatoms. The van der Waals surface area contributed by atoms with Gasteiger partial charge in [0.05, 0.1) is 13.2 Å². The van der Waals surface area contributed by atoms with Crippen LogP contribution >= 0.6 is 11.3 Å². The minimum Gasteiger partial charge on any atom is -0.378 e. The van der Waals surface area contributed by atoms with Gasteiger partial charge in [-0.3, -0.25) is 10.1 Å². The summed E-state index contributed by atoms with van der Waals surface area (Å²) in [5.41, 5.74) is 1.21. The fourth-order valence-electron chi connectivity index (χ4n) is 2.22. The molecule has 2 aromatic heterocycles. The van der Waals surface area contributed by atoms with E-state index in [-0.39, 0.29) is 11.8 Å². The van der Waals surface area contributed by atoms with Crippen LogP contribution in [0.15, 0.2) is 17.6 Å². The molecule has 23 heavy (non-hydrogen) atoms. The number of morpholine rings is 1. The van der Waals surface area contributed by atoms with Crippen molar-refractivity contribution in [1.82, 2.24) is 15.0 Å². The summed E-state index contributed by atoms with van der Waals surface area (Å²) in [6.07, 6.45) is 1.65. The predicted octanol–water partition coefficient (Wildman–Crippen LogP) is 2.15. The van der Waals surface area contributed by atoms with Gasteiger partial charge in [0, 0.05) is 30.4 Å². The van der Waals surface area contributed by atoms with Crippen molar-refractivity contribution in [3.8, 4) is 0 Å². The number of nitrogens with zero attached hydrogens (tertiary/aromatic N) is 4. The van der Waals surface area contributed by atoms with Crippen molar-refractivity contribution in [3.05, 3.63) is 29.0 Å². The summed E-state index contributed by atoms with van der Waals surface area (Å²) in [4.78, 5) is 27.6. The average molecular weight is 333 g/mol. The standard InChI is InChI=1S/C15H19N5O2S/c1-10(2)11-9-12(13(21)19-15-16-3-8-23-15)18-14(17-11)20-4-6-22-7-5-20/h3,8-10H,4-7H2,1-2H3,(H,16,19,21). The predicted molar refractivity (Wildman–Crippen MR) is 89.2 cm³/mol. The fourth-order valence-corrected chi connectivity index (χ4v) is 2.74. The van der Waals surface area contributed by atoms with Gasteiger partial charge in [0.1, 0.15) is 5.69 Å². The van der Waals surface area contributed by atoms with E-state index in [1.807, 2.05) is 19.2 Å². The number of amides is 1. The van der Waals surface area contributed by atoms with Crippen LogP contribution in [-0.2, 0) is 4.74 Å². The Morgan fingerprint density at radius 1 is 1.35 bits per heavy atom. The number of aromatic nitrogens is 3. The molecule has 3 rings (SSSR count). The van der Waals surface area contributed by atoms with Gasteiger partial charge in [0.15, 0.2) is 5.13 Å². The Balaban J connectivity index is 1.88. The van der Waals surface area contributed by atoms with Crippen LogP contribution in [0.1, 0.15) is 35.9 Å². The molecule has 0 aromatic carbocycles. The van der Waals surface area contributed by atoms with Gasteiger partial charge in [-0.05, 0) is 12.0 Å². The lowest BCUT2D eigenvalue weighted by Gasteiger charge is -2.27. The molecule has 0 radical (unpaired) electrons. The molecule has 0 spiro atoms. The quantitative estimate of drug-likeness (QED) is 0.923. The Morgan fingerprint density at radius 3 is 2.78 bits per heavy atom. The third kappa shape index (κ3) is 3.83. The highest BCUT2D eigenvalue weighted by Gasteiger charge is 2.19. The van der Waals surface area contributed by atoms with E-state index in [0.29, 0.717) is 30.0 Å². The van der Waals surface area contributed by atoms with Crippen LogP contribution < -0.4 is 10.2 Å². The van der Waals surface area contributed by atoms with Crippen molar-refractivity contribution in [3.63, 3.8) is 0 Å². The Labute approximate surface area is 138 Å². The average Bonchev–Trinajstić information content (AvgIpc) is 3.08. The van der Waals surface area contributed by atoms with E-state index < -0.39 is 0 Å². The topological polar surface area (TPSA) is 80.2 Å². The zero-order valence-corrected chi connectivity index (χ0v) is 14.0. The van der Waals surface area contributed by atoms with Crippen molar-refractivity contribution in [1.29, 1.82) is 0 Å². The van der Waals surface area contributed by atoms with Crippen LogP contribution in [-0.4, -0.2) is 47.2 Å². The van der Waals surface area contributed by atoms with Gasteiger partial charge < -0.3 is 9.64 Å². The Kier molecular flexibility index (Phi) is 4.82. The van der Waals surface area contributed by atoms with Gasteiger partial charge in [-0.2, -0.15) is 0 Å². The van der Waals surface area contributed by atoms with Crippen molar-refractivity contribution in [2.24, 2.45) is 0 Å². The van der Waals surface area contributed by atoms with Crippen molar-refractivity contribution in [2.75, 3.05) is 36.5 Å². The molecule has 1 aliphatic rings. The second kappa shape index (κ2) is 7.01.